The van der Waals surface area contributed by atoms with Crippen molar-refractivity contribution in [3.05, 3.63) is 71.0 Å². The molecule has 0 spiro atoms. The third-order valence-electron chi connectivity index (χ3n) is 5.22. The van der Waals surface area contributed by atoms with E-state index in [9.17, 15) is 14.7 Å². The van der Waals surface area contributed by atoms with Crippen molar-refractivity contribution >= 4 is 22.7 Å². The van der Waals surface area contributed by atoms with Crippen LogP contribution < -0.4 is 0 Å². The molecule has 3 rings (SSSR count). The van der Waals surface area contributed by atoms with E-state index in [1.54, 1.807) is 25.1 Å². The molecule has 1 unspecified atom stereocenters. The zero-order valence-corrected chi connectivity index (χ0v) is 16.4. The van der Waals surface area contributed by atoms with Crippen molar-refractivity contribution in [2.75, 3.05) is 0 Å². The predicted octanol–water partition coefficient (Wildman–Crippen LogP) is 5.97. The molecule has 146 valence electrons. The zero-order valence-electron chi connectivity index (χ0n) is 16.4. The van der Waals surface area contributed by atoms with Crippen LogP contribution in [-0.4, -0.2) is 16.9 Å². The molecule has 0 aliphatic heterocycles. The molecule has 4 heteroatoms. The summed E-state index contributed by atoms with van der Waals surface area (Å²) in [5, 5.41) is 10.1. The number of hydrogen-bond acceptors (Lipinski definition) is 3. The van der Waals surface area contributed by atoms with Gasteiger partial charge in [0, 0.05) is 10.9 Å². The summed E-state index contributed by atoms with van der Waals surface area (Å²) in [7, 11) is 0. The summed E-state index contributed by atoms with van der Waals surface area (Å²) in [4.78, 5) is 24.5. The molecule has 1 aromatic heterocycles. The first-order valence-electron chi connectivity index (χ1n) is 9.89. The molecular weight excluding hydrogens is 352 g/mol. The van der Waals surface area contributed by atoms with E-state index in [2.05, 4.69) is 6.92 Å². The molecule has 4 nitrogen and oxygen atoms in total. The topological polar surface area (TPSA) is 67.5 Å². The Morgan fingerprint density at radius 3 is 2.46 bits per heavy atom. The van der Waals surface area contributed by atoms with Gasteiger partial charge in [-0.2, -0.15) is 0 Å². The number of carboxylic acids is 1. The van der Waals surface area contributed by atoms with Crippen LogP contribution in [0.4, 0.5) is 0 Å². The van der Waals surface area contributed by atoms with Crippen LogP contribution >= 0.6 is 0 Å². The van der Waals surface area contributed by atoms with Crippen molar-refractivity contribution < 1.29 is 19.1 Å². The second kappa shape index (κ2) is 8.87. The van der Waals surface area contributed by atoms with Crippen LogP contribution in [0.25, 0.3) is 11.0 Å². The van der Waals surface area contributed by atoms with Gasteiger partial charge in [0.1, 0.15) is 5.58 Å². The van der Waals surface area contributed by atoms with Crippen LogP contribution in [0, 0.1) is 0 Å². The first kappa shape index (κ1) is 19.9. The fraction of sp³-hybridized carbons (Fsp3) is 0.333. The number of hydrogen-bond donors (Lipinski definition) is 1. The molecule has 1 heterocycles. The van der Waals surface area contributed by atoms with Gasteiger partial charge in [0.15, 0.2) is 5.78 Å². The lowest BCUT2D eigenvalue weighted by atomic mass is 9.93. The smallest absolute Gasteiger partial charge is 0.310 e. The summed E-state index contributed by atoms with van der Waals surface area (Å²) in [6, 6.07) is 12.9. The van der Waals surface area contributed by atoms with Crippen LogP contribution in [-0.2, 0) is 11.2 Å². The first-order valence-corrected chi connectivity index (χ1v) is 9.89. The fourth-order valence-corrected chi connectivity index (χ4v) is 3.40. The number of unbranched alkanes of at least 4 members (excludes halogenated alkanes) is 3. The zero-order chi connectivity index (χ0) is 20.1. The SMILES string of the molecule is CCCCCCc1ccc(C(=O)c2cc(C(C)C(=O)O)cc3ccoc23)cc1. The van der Waals surface area contributed by atoms with Crippen molar-refractivity contribution in [2.45, 2.75) is 51.9 Å². The predicted molar refractivity (Wildman–Crippen MR) is 110 cm³/mol. The lowest BCUT2D eigenvalue weighted by Gasteiger charge is -2.10. The Hall–Kier alpha value is -2.88. The highest BCUT2D eigenvalue weighted by Crippen LogP contribution is 2.28. The van der Waals surface area contributed by atoms with Crippen LogP contribution in [0.1, 0.15) is 72.5 Å². The van der Waals surface area contributed by atoms with E-state index in [0.717, 1.165) is 18.2 Å². The van der Waals surface area contributed by atoms with E-state index in [1.165, 1.54) is 31.1 Å². The number of benzene rings is 2. The van der Waals surface area contributed by atoms with Crippen molar-refractivity contribution in [1.29, 1.82) is 0 Å². The van der Waals surface area contributed by atoms with Crippen molar-refractivity contribution in [3.8, 4) is 0 Å². The van der Waals surface area contributed by atoms with Crippen molar-refractivity contribution in [1.82, 2.24) is 0 Å². The Morgan fingerprint density at radius 2 is 1.79 bits per heavy atom. The van der Waals surface area contributed by atoms with E-state index < -0.39 is 11.9 Å². The maximum absolute atomic E-state index is 13.1. The van der Waals surface area contributed by atoms with Gasteiger partial charge in [0.25, 0.3) is 0 Å². The van der Waals surface area contributed by atoms with E-state index >= 15 is 0 Å². The summed E-state index contributed by atoms with van der Waals surface area (Å²) in [6.07, 6.45) is 7.39. The van der Waals surface area contributed by atoms with Gasteiger partial charge < -0.3 is 9.52 Å². The number of fused-ring (bicyclic) bond motifs is 1. The number of rotatable bonds is 9. The monoisotopic (exact) mass is 378 g/mol. The van der Waals surface area contributed by atoms with Crippen LogP contribution in [0.15, 0.2) is 53.1 Å². The third kappa shape index (κ3) is 4.33. The fourth-order valence-electron chi connectivity index (χ4n) is 3.40. The number of carbonyl (C=O) groups excluding carboxylic acids is 1. The minimum absolute atomic E-state index is 0.156. The maximum Gasteiger partial charge on any atom is 0.310 e. The van der Waals surface area contributed by atoms with Crippen LogP contribution in [0.5, 0.6) is 0 Å². The standard InChI is InChI=1S/C24H26O4/c1-3-4-5-6-7-17-8-10-18(11-9-17)22(25)21-15-20(16(2)24(26)27)14-19-12-13-28-23(19)21/h8-16H,3-7H2,1-2H3,(H,26,27). The molecule has 0 bridgehead atoms. The van der Waals surface area contributed by atoms with E-state index in [0.29, 0.717) is 22.3 Å². The van der Waals surface area contributed by atoms with Gasteiger partial charge in [-0.25, -0.2) is 0 Å². The number of carboxylic acid groups (broad SMARTS) is 1. The minimum atomic E-state index is -0.923. The number of furan rings is 1. The minimum Gasteiger partial charge on any atom is -0.481 e. The molecule has 0 saturated carbocycles. The Morgan fingerprint density at radius 1 is 1.04 bits per heavy atom. The second-order valence-corrected chi connectivity index (χ2v) is 7.30. The highest BCUT2D eigenvalue weighted by Gasteiger charge is 2.21. The number of carbonyl (C=O) groups is 2. The lowest BCUT2D eigenvalue weighted by Crippen LogP contribution is -2.09. The highest BCUT2D eigenvalue weighted by molar-refractivity contribution is 6.15. The molecule has 1 atom stereocenters. The molecule has 0 radical (unpaired) electrons. The van der Waals surface area contributed by atoms with Crippen LogP contribution in [0.2, 0.25) is 0 Å². The molecule has 0 aliphatic rings. The first-order chi connectivity index (χ1) is 13.5. The Balaban J connectivity index is 1.86. The molecule has 3 aromatic rings. The Bertz CT molecular complexity index is 966. The average Bonchev–Trinajstić information content (AvgIpc) is 3.18. The van der Waals surface area contributed by atoms with Gasteiger partial charge in [0.2, 0.25) is 0 Å². The molecule has 1 N–H and O–H groups in total. The molecular formula is C24H26O4. The van der Waals surface area contributed by atoms with E-state index in [4.69, 9.17) is 4.42 Å². The number of ketones is 1. The van der Waals surface area contributed by atoms with Gasteiger partial charge in [0.05, 0.1) is 17.7 Å². The molecule has 2 aromatic carbocycles. The van der Waals surface area contributed by atoms with Gasteiger partial charge in [-0.3, -0.25) is 9.59 Å². The van der Waals surface area contributed by atoms with Crippen molar-refractivity contribution in [2.24, 2.45) is 0 Å². The Labute approximate surface area is 165 Å². The summed E-state index contributed by atoms with van der Waals surface area (Å²) < 4.78 is 5.52. The van der Waals surface area contributed by atoms with Gasteiger partial charge in [-0.1, -0.05) is 50.5 Å². The maximum atomic E-state index is 13.1. The third-order valence-corrected chi connectivity index (χ3v) is 5.22. The average molecular weight is 378 g/mol. The molecule has 0 aliphatic carbocycles. The summed E-state index contributed by atoms with van der Waals surface area (Å²) in [5.41, 5.74) is 3.30. The summed E-state index contributed by atoms with van der Waals surface area (Å²) in [5.74, 6) is -1.78. The number of aryl methyl sites for hydroxylation is 1. The van der Waals surface area contributed by atoms with Gasteiger partial charge in [-0.15, -0.1) is 0 Å². The number of aliphatic carboxylic acids is 1. The molecule has 0 saturated heterocycles. The Kier molecular flexibility index (Phi) is 6.30. The second-order valence-electron chi connectivity index (χ2n) is 7.30. The van der Waals surface area contributed by atoms with E-state index in [1.807, 2.05) is 24.3 Å². The van der Waals surface area contributed by atoms with Gasteiger partial charge >= 0.3 is 5.97 Å². The molecule has 0 amide bonds. The van der Waals surface area contributed by atoms with Crippen LogP contribution in [0.3, 0.4) is 0 Å². The quantitative estimate of drug-likeness (QED) is 0.368. The summed E-state index contributed by atoms with van der Waals surface area (Å²) >= 11 is 0. The van der Waals surface area contributed by atoms with Crippen molar-refractivity contribution in [3.63, 3.8) is 0 Å². The molecule has 0 fully saturated rings. The van der Waals surface area contributed by atoms with E-state index in [-0.39, 0.29) is 5.78 Å². The summed E-state index contributed by atoms with van der Waals surface area (Å²) in [6.45, 7) is 3.81. The molecule has 28 heavy (non-hydrogen) atoms. The largest absolute Gasteiger partial charge is 0.481 e. The lowest BCUT2D eigenvalue weighted by molar-refractivity contribution is -0.138. The highest BCUT2D eigenvalue weighted by atomic mass is 16.4. The van der Waals surface area contributed by atoms with Gasteiger partial charge in [-0.05, 0) is 49.1 Å². The normalized spacial score (nSPS) is 12.2.